The van der Waals surface area contributed by atoms with Gasteiger partial charge in [0.15, 0.2) is 11.6 Å². The Labute approximate surface area is 189 Å². The second-order valence-electron chi connectivity index (χ2n) is 7.88. The maximum atomic E-state index is 15.0. The summed E-state index contributed by atoms with van der Waals surface area (Å²) in [5.41, 5.74) is 1.26. The third-order valence-corrected chi connectivity index (χ3v) is 5.91. The summed E-state index contributed by atoms with van der Waals surface area (Å²) in [5.74, 6) is 0.803. The molecule has 2 aliphatic heterocycles. The van der Waals surface area contributed by atoms with E-state index in [4.69, 9.17) is 25.8 Å². The first-order valence-corrected chi connectivity index (χ1v) is 11.0. The third kappa shape index (κ3) is 4.55. The van der Waals surface area contributed by atoms with E-state index >= 15 is 4.39 Å². The maximum Gasteiger partial charge on any atom is 0.214 e. The molecule has 10 heteroatoms. The first-order valence-electron chi connectivity index (χ1n) is 10.6. The first-order chi connectivity index (χ1) is 15.7. The van der Waals surface area contributed by atoms with Gasteiger partial charge in [-0.05, 0) is 37.6 Å². The minimum absolute atomic E-state index is 0.0700. The van der Waals surface area contributed by atoms with Crippen LogP contribution in [0.4, 0.5) is 15.9 Å². The van der Waals surface area contributed by atoms with E-state index in [-0.39, 0.29) is 16.8 Å². The lowest BCUT2D eigenvalue weighted by Gasteiger charge is -2.15. The van der Waals surface area contributed by atoms with Crippen LogP contribution in [0.15, 0.2) is 30.6 Å². The zero-order chi connectivity index (χ0) is 21.9. The molecule has 2 saturated heterocycles. The minimum atomic E-state index is -0.622. The Kier molecular flexibility index (Phi) is 6.20. The molecule has 8 nitrogen and oxygen atoms in total. The van der Waals surface area contributed by atoms with Gasteiger partial charge in [-0.15, -0.1) is 0 Å². The highest BCUT2D eigenvalue weighted by Crippen LogP contribution is 2.34. The Balaban J connectivity index is 1.36. The molecule has 0 saturated carbocycles. The topological polar surface area (TPSA) is 90.4 Å². The van der Waals surface area contributed by atoms with E-state index in [2.05, 4.69) is 25.6 Å². The van der Waals surface area contributed by atoms with Gasteiger partial charge < -0.3 is 24.8 Å². The predicted octanol–water partition coefficient (Wildman–Crippen LogP) is 3.72. The summed E-state index contributed by atoms with van der Waals surface area (Å²) >= 11 is 6.24. The molecule has 2 atom stereocenters. The molecule has 32 heavy (non-hydrogen) atoms. The largest absolute Gasteiger partial charge is 0.492 e. The summed E-state index contributed by atoms with van der Waals surface area (Å²) < 4.78 is 32.0. The molecule has 0 aliphatic carbocycles. The zero-order valence-electron chi connectivity index (χ0n) is 17.3. The minimum Gasteiger partial charge on any atom is -0.492 e. The number of hydrogen-bond donors (Lipinski definition) is 2. The summed E-state index contributed by atoms with van der Waals surface area (Å²) in [7, 11) is 0. The van der Waals surface area contributed by atoms with Crippen molar-refractivity contribution in [3.63, 3.8) is 0 Å². The lowest BCUT2D eigenvalue weighted by atomic mass is 10.1. The van der Waals surface area contributed by atoms with E-state index in [1.165, 1.54) is 6.33 Å². The van der Waals surface area contributed by atoms with Crippen molar-refractivity contribution >= 4 is 34.1 Å². The van der Waals surface area contributed by atoms with Crippen LogP contribution < -0.4 is 20.1 Å². The van der Waals surface area contributed by atoms with E-state index in [0.717, 1.165) is 32.5 Å². The summed E-state index contributed by atoms with van der Waals surface area (Å²) in [6.45, 7) is 3.51. The van der Waals surface area contributed by atoms with Gasteiger partial charge in [0.25, 0.3) is 0 Å². The zero-order valence-corrected chi connectivity index (χ0v) is 18.1. The van der Waals surface area contributed by atoms with E-state index in [9.17, 15) is 0 Å². The van der Waals surface area contributed by atoms with Crippen LogP contribution in [-0.2, 0) is 4.74 Å². The smallest absolute Gasteiger partial charge is 0.214 e. The number of nitrogens with zero attached hydrogens (tertiary/aromatic N) is 3. The van der Waals surface area contributed by atoms with Gasteiger partial charge in [0, 0.05) is 25.1 Å². The van der Waals surface area contributed by atoms with Gasteiger partial charge in [-0.3, -0.25) is 0 Å². The molecule has 168 valence electrons. The van der Waals surface area contributed by atoms with Crippen molar-refractivity contribution in [2.24, 2.45) is 5.92 Å². The number of hydrogen-bond acceptors (Lipinski definition) is 8. The van der Waals surface area contributed by atoms with E-state index in [1.807, 2.05) is 0 Å². The molecule has 0 bridgehead atoms. The van der Waals surface area contributed by atoms with Gasteiger partial charge in [-0.2, -0.15) is 0 Å². The van der Waals surface area contributed by atoms with Crippen LogP contribution in [0.2, 0.25) is 5.02 Å². The summed E-state index contributed by atoms with van der Waals surface area (Å²) in [6.07, 6.45) is 3.31. The fraction of sp³-hybridized carbons (Fsp3) is 0.409. The number of fused-ring (bicyclic) bond motifs is 1. The molecule has 5 rings (SSSR count). The number of aromatic nitrogens is 3. The van der Waals surface area contributed by atoms with E-state index in [1.54, 1.807) is 24.3 Å². The molecule has 2 N–H and O–H groups in total. The molecule has 0 amide bonds. The molecule has 2 aliphatic rings. The molecule has 2 aromatic heterocycles. The molecular formula is C22H23ClFN5O3. The van der Waals surface area contributed by atoms with Crippen LogP contribution >= 0.6 is 11.6 Å². The quantitative estimate of drug-likeness (QED) is 0.552. The monoisotopic (exact) mass is 459 g/mol. The van der Waals surface area contributed by atoms with Gasteiger partial charge in [0.05, 0.1) is 24.4 Å². The third-order valence-electron chi connectivity index (χ3n) is 5.56. The first kappa shape index (κ1) is 21.1. The van der Waals surface area contributed by atoms with Crippen molar-refractivity contribution in [1.82, 2.24) is 20.3 Å². The van der Waals surface area contributed by atoms with Crippen LogP contribution in [0.1, 0.15) is 12.8 Å². The molecule has 4 heterocycles. The van der Waals surface area contributed by atoms with Crippen molar-refractivity contribution in [2.75, 3.05) is 38.2 Å². The second-order valence-corrected chi connectivity index (χ2v) is 8.25. The Bertz CT molecular complexity index is 1110. The van der Waals surface area contributed by atoms with Gasteiger partial charge in [0.2, 0.25) is 5.88 Å². The summed E-state index contributed by atoms with van der Waals surface area (Å²) in [5, 5.41) is 6.15. The lowest BCUT2D eigenvalue weighted by molar-refractivity contribution is 0.167. The Morgan fingerprint density at radius 3 is 2.97 bits per heavy atom. The number of rotatable bonds is 7. The molecule has 0 spiro atoms. The molecule has 1 aromatic carbocycles. The van der Waals surface area contributed by atoms with Crippen molar-refractivity contribution in [3.8, 4) is 11.6 Å². The highest BCUT2D eigenvalue weighted by molar-refractivity contribution is 6.32. The number of pyridine rings is 1. The number of anilines is 2. The lowest BCUT2D eigenvalue weighted by Crippen LogP contribution is -2.20. The number of benzene rings is 1. The van der Waals surface area contributed by atoms with Crippen molar-refractivity contribution in [2.45, 2.75) is 18.9 Å². The number of halogens is 2. The normalized spacial score (nSPS) is 20.6. The van der Waals surface area contributed by atoms with Crippen LogP contribution in [0.5, 0.6) is 11.6 Å². The highest BCUT2D eigenvalue weighted by atomic mass is 35.5. The number of ether oxygens (including phenoxy) is 3. The molecule has 3 aromatic rings. The van der Waals surface area contributed by atoms with E-state index in [0.29, 0.717) is 47.6 Å². The molecule has 0 radical (unpaired) electrons. The SMILES string of the molecule is Fc1c(Nc2ncnc3ccc(O[C@H]4CCNC4)nc23)ccc(OC[C@@H]2CCOC2)c1Cl. The predicted molar refractivity (Wildman–Crippen MR) is 118 cm³/mol. The van der Waals surface area contributed by atoms with E-state index < -0.39 is 5.82 Å². The van der Waals surface area contributed by atoms with Gasteiger partial charge >= 0.3 is 0 Å². The molecule has 2 fully saturated rings. The average molecular weight is 460 g/mol. The van der Waals surface area contributed by atoms with Crippen LogP contribution in [0, 0.1) is 11.7 Å². The summed E-state index contributed by atoms with van der Waals surface area (Å²) in [4.78, 5) is 13.0. The van der Waals surface area contributed by atoms with Gasteiger partial charge in [-0.1, -0.05) is 11.6 Å². The summed E-state index contributed by atoms with van der Waals surface area (Å²) in [6, 6.07) is 6.79. The average Bonchev–Trinajstić information content (AvgIpc) is 3.51. The van der Waals surface area contributed by atoms with Crippen LogP contribution in [-0.4, -0.2) is 54.0 Å². The standard InChI is InChI=1S/C22H23ClFN5O3/c23-19-17(31-11-13-6-8-30-10-13)3-1-15(20(19)24)28-22-21-16(26-12-27-22)2-4-18(29-21)32-14-5-7-25-9-14/h1-4,12-14,25H,5-11H2,(H,26,27,28)/t13-,14+/m1/s1. The van der Waals surface area contributed by atoms with Crippen molar-refractivity contribution < 1.29 is 18.6 Å². The van der Waals surface area contributed by atoms with Crippen LogP contribution in [0.25, 0.3) is 11.0 Å². The van der Waals surface area contributed by atoms with Crippen LogP contribution in [0.3, 0.4) is 0 Å². The Morgan fingerprint density at radius 2 is 2.16 bits per heavy atom. The molecular weight excluding hydrogens is 437 g/mol. The maximum absolute atomic E-state index is 15.0. The Hall–Kier alpha value is -2.75. The Morgan fingerprint density at radius 1 is 1.22 bits per heavy atom. The second kappa shape index (κ2) is 9.40. The number of nitrogens with one attached hydrogen (secondary N) is 2. The van der Waals surface area contributed by atoms with Crippen molar-refractivity contribution in [3.05, 3.63) is 41.4 Å². The van der Waals surface area contributed by atoms with Crippen molar-refractivity contribution in [1.29, 1.82) is 0 Å². The van der Waals surface area contributed by atoms with Gasteiger partial charge in [-0.25, -0.2) is 19.3 Å². The molecule has 0 unspecified atom stereocenters. The van der Waals surface area contributed by atoms with Gasteiger partial charge in [0.1, 0.15) is 28.7 Å². The fourth-order valence-electron chi connectivity index (χ4n) is 3.77. The highest BCUT2D eigenvalue weighted by Gasteiger charge is 2.20. The fourth-order valence-corrected chi connectivity index (χ4v) is 3.99.